The van der Waals surface area contributed by atoms with Gasteiger partial charge >= 0.3 is 0 Å². The number of hydrogen-bond acceptors (Lipinski definition) is 4. The molecule has 6 nitrogen and oxygen atoms in total. The van der Waals surface area contributed by atoms with Crippen LogP contribution in [0.3, 0.4) is 0 Å². The molecule has 2 amide bonds. The highest BCUT2D eigenvalue weighted by Crippen LogP contribution is 2.20. The molecule has 0 saturated heterocycles. The highest BCUT2D eigenvalue weighted by Gasteiger charge is 2.34. The minimum absolute atomic E-state index is 0.213. The van der Waals surface area contributed by atoms with Crippen LogP contribution in [0.5, 0.6) is 0 Å². The van der Waals surface area contributed by atoms with E-state index in [9.17, 15) is 14.7 Å². The maximum absolute atomic E-state index is 13.0. The molecule has 164 valence electrons. The van der Waals surface area contributed by atoms with Gasteiger partial charge in [-0.05, 0) is 29.9 Å². The lowest BCUT2D eigenvalue weighted by Gasteiger charge is -2.33. The SMILES string of the molecule is CC(C)CNCC(O)C(Cc1ccccc1)NC(=O)C(NC(=O)CCl)C(C)(C)C. The topological polar surface area (TPSA) is 90.5 Å². The van der Waals surface area contributed by atoms with Crippen molar-refractivity contribution in [1.29, 1.82) is 0 Å². The van der Waals surface area contributed by atoms with Gasteiger partial charge in [0.2, 0.25) is 11.8 Å². The second kappa shape index (κ2) is 12.2. The summed E-state index contributed by atoms with van der Waals surface area (Å²) >= 11 is 5.61. The number of nitrogens with one attached hydrogen (secondary N) is 3. The van der Waals surface area contributed by atoms with Crippen molar-refractivity contribution in [3.05, 3.63) is 35.9 Å². The predicted octanol–water partition coefficient (Wildman–Crippen LogP) is 2.09. The third-order valence-electron chi connectivity index (χ3n) is 4.55. The maximum atomic E-state index is 13.0. The summed E-state index contributed by atoms with van der Waals surface area (Å²) in [5, 5.41) is 19.6. The summed E-state index contributed by atoms with van der Waals surface area (Å²) in [6, 6.07) is 8.44. The van der Waals surface area contributed by atoms with Crippen LogP contribution < -0.4 is 16.0 Å². The number of rotatable bonds is 11. The van der Waals surface area contributed by atoms with Crippen molar-refractivity contribution >= 4 is 23.4 Å². The molecule has 0 aliphatic heterocycles. The van der Waals surface area contributed by atoms with Crippen molar-refractivity contribution in [3.8, 4) is 0 Å². The molecular formula is C22H36ClN3O3. The lowest BCUT2D eigenvalue weighted by Crippen LogP contribution is -2.58. The first-order chi connectivity index (χ1) is 13.5. The van der Waals surface area contributed by atoms with E-state index in [4.69, 9.17) is 11.6 Å². The molecule has 29 heavy (non-hydrogen) atoms. The van der Waals surface area contributed by atoms with E-state index in [1.807, 2.05) is 51.1 Å². The molecule has 0 aliphatic rings. The number of alkyl halides is 1. The lowest BCUT2D eigenvalue weighted by molar-refractivity contribution is -0.131. The van der Waals surface area contributed by atoms with Gasteiger partial charge in [0.15, 0.2) is 0 Å². The van der Waals surface area contributed by atoms with E-state index >= 15 is 0 Å². The fourth-order valence-electron chi connectivity index (χ4n) is 2.95. The minimum Gasteiger partial charge on any atom is -0.390 e. The fraction of sp³-hybridized carbons (Fsp3) is 0.636. The molecule has 4 N–H and O–H groups in total. The van der Waals surface area contributed by atoms with Crippen molar-refractivity contribution in [1.82, 2.24) is 16.0 Å². The number of hydrogen-bond donors (Lipinski definition) is 4. The Balaban J connectivity index is 2.94. The standard InChI is InChI=1S/C22H36ClN3O3/c1-15(2)13-24-14-18(27)17(11-16-9-7-6-8-10-16)25-21(29)20(22(3,4)5)26-19(28)12-23/h6-10,15,17-18,20,24,27H,11-14H2,1-5H3,(H,25,29)(H,26,28). The Morgan fingerprint density at radius 2 is 1.69 bits per heavy atom. The van der Waals surface area contributed by atoms with Crippen LogP contribution in [0.4, 0.5) is 0 Å². The Labute approximate surface area is 179 Å². The Bertz CT molecular complexity index is 632. The van der Waals surface area contributed by atoms with E-state index < -0.39 is 29.5 Å². The van der Waals surface area contributed by atoms with Gasteiger partial charge in [0.1, 0.15) is 11.9 Å². The zero-order valence-electron chi connectivity index (χ0n) is 18.2. The van der Waals surface area contributed by atoms with Crippen LogP contribution in [0.2, 0.25) is 0 Å². The summed E-state index contributed by atoms with van der Waals surface area (Å²) in [5.41, 5.74) is 0.502. The molecule has 0 spiro atoms. The van der Waals surface area contributed by atoms with Crippen LogP contribution in [-0.4, -0.2) is 54.1 Å². The summed E-state index contributed by atoms with van der Waals surface area (Å²) < 4.78 is 0. The molecule has 1 rings (SSSR count). The van der Waals surface area contributed by atoms with E-state index in [0.29, 0.717) is 18.9 Å². The average Bonchev–Trinajstić information content (AvgIpc) is 2.64. The van der Waals surface area contributed by atoms with Crippen LogP contribution >= 0.6 is 11.6 Å². The zero-order valence-corrected chi connectivity index (χ0v) is 18.9. The van der Waals surface area contributed by atoms with Crippen LogP contribution in [0, 0.1) is 11.3 Å². The molecule has 0 fully saturated rings. The smallest absolute Gasteiger partial charge is 0.243 e. The van der Waals surface area contributed by atoms with E-state index in [-0.39, 0.29) is 11.8 Å². The van der Waals surface area contributed by atoms with Gasteiger partial charge in [-0.25, -0.2) is 0 Å². The quantitative estimate of drug-likeness (QED) is 0.408. The normalized spacial score (nSPS) is 14.9. The molecule has 0 saturated carbocycles. The molecule has 3 atom stereocenters. The first-order valence-corrected chi connectivity index (χ1v) is 10.7. The Morgan fingerprint density at radius 3 is 2.21 bits per heavy atom. The molecule has 7 heteroatoms. The van der Waals surface area contributed by atoms with Crippen LogP contribution in [0.1, 0.15) is 40.2 Å². The monoisotopic (exact) mass is 425 g/mol. The van der Waals surface area contributed by atoms with Gasteiger partial charge in [-0.1, -0.05) is 65.0 Å². The largest absolute Gasteiger partial charge is 0.390 e. The summed E-state index contributed by atoms with van der Waals surface area (Å²) in [7, 11) is 0. The number of aliphatic hydroxyl groups is 1. The number of carbonyl (C=O) groups is 2. The molecular weight excluding hydrogens is 390 g/mol. The third-order valence-corrected chi connectivity index (χ3v) is 4.79. The van der Waals surface area contributed by atoms with E-state index in [0.717, 1.165) is 12.1 Å². The molecule has 0 radical (unpaired) electrons. The molecule has 0 aliphatic carbocycles. The van der Waals surface area contributed by atoms with Crippen molar-refractivity contribution in [2.45, 2.75) is 59.2 Å². The van der Waals surface area contributed by atoms with Crippen LogP contribution in [-0.2, 0) is 16.0 Å². The summed E-state index contributed by atoms with van der Waals surface area (Å²) in [6.07, 6.45) is -0.292. The van der Waals surface area contributed by atoms with E-state index in [2.05, 4.69) is 29.8 Å². The van der Waals surface area contributed by atoms with E-state index in [1.165, 1.54) is 0 Å². The first-order valence-electron chi connectivity index (χ1n) is 10.1. The Kier molecular flexibility index (Phi) is 10.6. The second-order valence-electron chi connectivity index (χ2n) is 8.92. The molecule has 3 unspecified atom stereocenters. The Hall–Kier alpha value is -1.63. The van der Waals surface area contributed by atoms with Gasteiger partial charge in [0, 0.05) is 6.54 Å². The van der Waals surface area contributed by atoms with Gasteiger partial charge in [0.25, 0.3) is 0 Å². The number of aliphatic hydroxyl groups excluding tert-OH is 1. The maximum Gasteiger partial charge on any atom is 0.243 e. The number of carbonyl (C=O) groups excluding carboxylic acids is 2. The molecule has 0 bridgehead atoms. The van der Waals surface area contributed by atoms with Gasteiger partial charge in [-0.15, -0.1) is 11.6 Å². The molecule has 1 aromatic rings. The predicted molar refractivity (Wildman–Crippen MR) is 118 cm³/mol. The van der Waals surface area contributed by atoms with Gasteiger partial charge in [-0.2, -0.15) is 0 Å². The van der Waals surface area contributed by atoms with Gasteiger partial charge in [-0.3, -0.25) is 9.59 Å². The van der Waals surface area contributed by atoms with Crippen molar-refractivity contribution in [2.75, 3.05) is 19.0 Å². The summed E-state index contributed by atoms with van der Waals surface area (Å²) in [6.45, 7) is 10.9. The highest BCUT2D eigenvalue weighted by atomic mass is 35.5. The van der Waals surface area contributed by atoms with Crippen LogP contribution in [0.15, 0.2) is 30.3 Å². The van der Waals surface area contributed by atoms with Crippen LogP contribution in [0.25, 0.3) is 0 Å². The summed E-state index contributed by atoms with van der Waals surface area (Å²) in [5.74, 6) is -0.490. The zero-order chi connectivity index (χ0) is 22.0. The molecule has 0 heterocycles. The molecule has 1 aromatic carbocycles. The number of amides is 2. The third kappa shape index (κ3) is 9.61. The fourth-order valence-corrected chi connectivity index (χ4v) is 3.03. The van der Waals surface area contributed by atoms with Crippen molar-refractivity contribution in [3.63, 3.8) is 0 Å². The second-order valence-corrected chi connectivity index (χ2v) is 9.19. The first kappa shape index (κ1) is 25.4. The highest BCUT2D eigenvalue weighted by molar-refractivity contribution is 6.27. The average molecular weight is 426 g/mol. The van der Waals surface area contributed by atoms with Gasteiger partial charge < -0.3 is 21.1 Å². The number of halogens is 1. The van der Waals surface area contributed by atoms with Gasteiger partial charge in [0.05, 0.1) is 12.1 Å². The minimum atomic E-state index is -0.776. The Morgan fingerprint density at radius 1 is 1.07 bits per heavy atom. The number of benzene rings is 1. The van der Waals surface area contributed by atoms with E-state index in [1.54, 1.807) is 0 Å². The van der Waals surface area contributed by atoms with Crippen molar-refractivity contribution in [2.24, 2.45) is 11.3 Å². The molecule has 0 aromatic heterocycles. The van der Waals surface area contributed by atoms with Crippen molar-refractivity contribution < 1.29 is 14.7 Å². The lowest BCUT2D eigenvalue weighted by atomic mass is 9.85. The summed E-state index contributed by atoms with van der Waals surface area (Å²) in [4.78, 5) is 24.8.